The zero-order valence-corrected chi connectivity index (χ0v) is 11.3. The van der Waals surface area contributed by atoms with Gasteiger partial charge in [-0.1, -0.05) is 36.4 Å². The number of methoxy groups -OCH3 is 1. The lowest BCUT2D eigenvalue weighted by Gasteiger charge is -2.16. The fraction of sp³-hybridized carbons (Fsp3) is 0.375. The number of ether oxygens (including phenoxy) is 1. The van der Waals surface area contributed by atoms with Gasteiger partial charge >= 0.3 is 5.97 Å². The number of ketones is 1. The van der Waals surface area contributed by atoms with Crippen LogP contribution in [0.2, 0.25) is 0 Å². The van der Waals surface area contributed by atoms with Crippen molar-refractivity contribution >= 4 is 11.8 Å². The number of carbonyl (C=O) groups is 2. The highest BCUT2D eigenvalue weighted by atomic mass is 16.5. The predicted octanol–water partition coefficient (Wildman–Crippen LogP) is 2.65. The van der Waals surface area contributed by atoms with Crippen LogP contribution in [0.3, 0.4) is 0 Å². The maximum atomic E-state index is 11.7. The molecule has 0 aromatic heterocycles. The second kappa shape index (κ2) is 5.83. The maximum Gasteiger partial charge on any atom is 0.312 e. The van der Waals surface area contributed by atoms with E-state index in [2.05, 4.69) is 0 Å². The van der Waals surface area contributed by atoms with Gasteiger partial charge in [0.1, 0.15) is 5.78 Å². The van der Waals surface area contributed by atoms with Crippen molar-refractivity contribution in [3.05, 3.63) is 47.5 Å². The number of esters is 1. The van der Waals surface area contributed by atoms with Crippen LogP contribution in [0.4, 0.5) is 0 Å². The summed E-state index contributed by atoms with van der Waals surface area (Å²) in [5.41, 5.74) is 1.99. The van der Waals surface area contributed by atoms with E-state index in [0.717, 1.165) is 11.1 Å². The molecule has 3 heteroatoms. The van der Waals surface area contributed by atoms with Crippen molar-refractivity contribution in [1.82, 2.24) is 0 Å². The van der Waals surface area contributed by atoms with Gasteiger partial charge in [-0.05, 0) is 24.5 Å². The second-order valence-electron chi connectivity index (χ2n) is 4.85. The van der Waals surface area contributed by atoms with Crippen molar-refractivity contribution in [2.45, 2.75) is 25.7 Å². The average Bonchev–Trinajstić information content (AvgIpc) is 2.83. The van der Waals surface area contributed by atoms with Crippen molar-refractivity contribution in [3.63, 3.8) is 0 Å². The molecule has 0 N–H and O–H groups in total. The van der Waals surface area contributed by atoms with E-state index in [1.54, 1.807) is 0 Å². The fourth-order valence-corrected chi connectivity index (χ4v) is 2.47. The highest BCUT2D eigenvalue weighted by molar-refractivity contribution is 5.87. The van der Waals surface area contributed by atoms with E-state index < -0.39 is 0 Å². The summed E-state index contributed by atoms with van der Waals surface area (Å²) in [5.74, 6) is -0.353. The molecule has 0 saturated carbocycles. The normalized spacial score (nSPS) is 19.5. The van der Waals surface area contributed by atoms with Crippen LogP contribution in [-0.2, 0) is 20.7 Å². The summed E-state index contributed by atoms with van der Waals surface area (Å²) in [5, 5.41) is 0. The monoisotopic (exact) mass is 258 g/mol. The highest BCUT2D eigenvalue weighted by Crippen LogP contribution is 2.26. The fourth-order valence-electron chi connectivity index (χ4n) is 2.47. The van der Waals surface area contributed by atoms with E-state index in [9.17, 15) is 9.59 Å². The molecule has 1 aromatic carbocycles. The molecule has 0 spiro atoms. The van der Waals surface area contributed by atoms with E-state index in [4.69, 9.17) is 4.74 Å². The molecule has 0 bridgehead atoms. The Morgan fingerprint density at radius 3 is 2.79 bits per heavy atom. The van der Waals surface area contributed by atoms with Gasteiger partial charge < -0.3 is 4.74 Å². The number of rotatable bonds is 4. The molecule has 1 aliphatic rings. The molecule has 1 aliphatic carbocycles. The smallest absolute Gasteiger partial charge is 0.312 e. The van der Waals surface area contributed by atoms with Crippen LogP contribution in [0.25, 0.3) is 0 Å². The second-order valence-corrected chi connectivity index (χ2v) is 4.85. The van der Waals surface area contributed by atoms with Gasteiger partial charge in [0, 0.05) is 12.3 Å². The number of carbonyl (C=O) groups excluding carboxylic acids is 2. The minimum Gasteiger partial charge on any atom is -0.469 e. The molecule has 1 aromatic rings. The number of hydrogen-bond donors (Lipinski definition) is 0. The molecule has 2 unspecified atom stereocenters. The number of allylic oxidation sites excluding steroid dienone is 2. The van der Waals surface area contributed by atoms with Crippen LogP contribution in [-0.4, -0.2) is 18.9 Å². The van der Waals surface area contributed by atoms with Crippen molar-refractivity contribution in [3.8, 4) is 0 Å². The van der Waals surface area contributed by atoms with Crippen LogP contribution < -0.4 is 0 Å². The molecular formula is C16H18O3. The Kier molecular flexibility index (Phi) is 4.15. The third kappa shape index (κ3) is 2.92. The standard InChI is InChI=1S/C16H18O3/c1-11(16(18)19-2)14-8-4-3-6-12(14)10-13-7-5-9-15(13)17/h3-8,11,13H,9-10H2,1-2H3. The zero-order valence-electron chi connectivity index (χ0n) is 11.3. The van der Waals surface area contributed by atoms with Crippen molar-refractivity contribution in [2.75, 3.05) is 7.11 Å². The summed E-state index contributed by atoms with van der Waals surface area (Å²) >= 11 is 0. The van der Waals surface area contributed by atoms with E-state index in [1.165, 1.54) is 7.11 Å². The van der Waals surface area contributed by atoms with Crippen molar-refractivity contribution < 1.29 is 14.3 Å². The lowest BCUT2D eigenvalue weighted by atomic mass is 9.89. The molecular weight excluding hydrogens is 240 g/mol. The Morgan fingerprint density at radius 1 is 1.42 bits per heavy atom. The van der Waals surface area contributed by atoms with Crippen molar-refractivity contribution in [1.29, 1.82) is 0 Å². The molecule has 19 heavy (non-hydrogen) atoms. The molecule has 0 amide bonds. The van der Waals surface area contributed by atoms with Crippen LogP contribution in [0.1, 0.15) is 30.4 Å². The molecule has 0 saturated heterocycles. The SMILES string of the molecule is COC(=O)C(C)c1ccccc1CC1C=CCC1=O. The molecule has 0 aliphatic heterocycles. The summed E-state index contributed by atoms with van der Waals surface area (Å²) in [6.07, 6.45) is 5.06. The Bertz CT molecular complexity index is 516. The third-order valence-corrected chi connectivity index (χ3v) is 3.62. The number of Topliss-reactive ketones (excluding diaryl/α,β-unsaturated/α-hetero) is 1. The first-order valence-corrected chi connectivity index (χ1v) is 6.48. The lowest BCUT2D eigenvalue weighted by molar-refractivity contribution is -0.142. The topological polar surface area (TPSA) is 43.4 Å². The Balaban J connectivity index is 2.23. The summed E-state index contributed by atoms with van der Waals surface area (Å²) in [6.45, 7) is 1.83. The number of hydrogen-bond acceptors (Lipinski definition) is 3. The minimum absolute atomic E-state index is 0.0500. The van der Waals surface area contributed by atoms with Crippen LogP contribution in [0, 0.1) is 5.92 Å². The van der Waals surface area contributed by atoms with Gasteiger partial charge in [-0.25, -0.2) is 0 Å². The van der Waals surface area contributed by atoms with Gasteiger partial charge in [-0.2, -0.15) is 0 Å². The first kappa shape index (κ1) is 13.5. The highest BCUT2D eigenvalue weighted by Gasteiger charge is 2.23. The Labute approximate surface area is 113 Å². The van der Waals surface area contributed by atoms with E-state index >= 15 is 0 Å². The van der Waals surface area contributed by atoms with Crippen molar-refractivity contribution in [2.24, 2.45) is 5.92 Å². The summed E-state index contributed by atoms with van der Waals surface area (Å²) < 4.78 is 4.79. The zero-order chi connectivity index (χ0) is 13.8. The lowest BCUT2D eigenvalue weighted by Crippen LogP contribution is -2.15. The quantitative estimate of drug-likeness (QED) is 0.616. The predicted molar refractivity (Wildman–Crippen MR) is 72.8 cm³/mol. The van der Waals surface area contributed by atoms with Gasteiger partial charge in [0.2, 0.25) is 0 Å². The van der Waals surface area contributed by atoms with Gasteiger partial charge in [0.05, 0.1) is 13.0 Å². The van der Waals surface area contributed by atoms with E-state index in [-0.39, 0.29) is 23.6 Å². The molecule has 100 valence electrons. The average molecular weight is 258 g/mol. The van der Waals surface area contributed by atoms with Crippen LogP contribution >= 0.6 is 0 Å². The minimum atomic E-state index is -0.304. The molecule has 2 atom stereocenters. The molecule has 0 heterocycles. The Morgan fingerprint density at radius 2 is 2.16 bits per heavy atom. The van der Waals surface area contributed by atoms with Crippen LogP contribution in [0.5, 0.6) is 0 Å². The van der Waals surface area contributed by atoms with Gasteiger partial charge in [-0.3, -0.25) is 9.59 Å². The maximum absolute atomic E-state index is 11.7. The third-order valence-electron chi connectivity index (χ3n) is 3.62. The van der Waals surface area contributed by atoms with Gasteiger partial charge in [-0.15, -0.1) is 0 Å². The molecule has 0 radical (unpaired) electrons. The first-order valence-electron chi connectivity index (χ1n) is 6.48. The summed E-state index contributed by atoms with van der Waals surface area (Å²) in [6, 6.07) is 7.75. The number of benzene rings is 1. The van der Waals surface area contributed by atoms with Gasteiger partial charge in [0.15, 0.2) is 0 Å². The first-order chi connectivity index (χ1) is 9.13. The Hall–Kier alpha value is -1.90. The molecule has 2 rings (SSSR count). The van der Waals surface area contributed by atoms with E-state index in [0.29, 0.717) is 12.8 Å². The summed E-state index contributed by atoms with van der Waals surface area (Å²) in [7, 11) is 1.39. The van der Waals surface area contributed by atoms with Crippen LogP contribution in [0.15, 0.2) is 36.4 Å². The summed E-state index contributed by atoms with van der Waals surface area (Å²) in [4.78, 5) is 23.4. The molecule has 0 fully saturated rings. The van der Waals surface area contributed by atoms with Gasteiger partial charge in [0.25, 0.3) is 0 Å². The largest absolute Gasteiger partial charge is 0.469 e. The molecule has 3 nitrogen and oxygen atoms in total. The van der Waals surface area contributed by atoms with E-state index in [1.807, 2.05) is 43.3 Å².